The summed E-state index contributed by atoms with van der Waals surface area (Å²) >= 11 is 0. The number of nitrogens with one attached hydrogen (secondary N) is 2. The van der Waals surface area contributed by atoms with Crippen LogP contribution in [0.25, 0.3) is 0 Å². The minimum absolute atomic E-state index is 0.171. The van der Waals surface area contributed by atoms with Crippen LogP contribution in [0.3, 0.4) is 0 Å². The molecule has 0 heterocycles. The Morgan fingerprint density at radius 2 is 1.58 bits per heavy atom. The number of benzene rings is 2. The van der Waals surface area contributed by atoms with Gasteiger partial charge in [-0.25, -0.2) is 0 Å². The van der Waals surface area contributed by atoms with Crippen LogP contribution in [0.5, 0.6) is 0 Å². The summed E-state index contributed by atoms with van der Waals surface area (Å²) < 4.78 is 0. The molecule has 0 spiro atoms. The van der Waals surface area contributed by atoms with E-state index in [-0.39, 0.29) is 18.4 Å². The van der Waals surface area contributed by atoms with Crippen molar-refractivity contribution in [3.05, 3.63) is 70.8 Å². The molecule has 2 aromatic rings. The van der Waals surface area contributed by atoms with Gasteiger partial charge in [0.05, 0.1) is 5.60 Å². The van der Waals surface area contributed by atoms with Crippen LogP contribution < -0.4 is 10.6 Å². The van der Waals surface area contributed by atoms with E-state index in [2.05, 4.69) is 10.6 Å². The van der Waals surface area contributed by atoms with Gasteiger partial charge in [0.1, 0.15) is 0 Å². The molecule has 124 valence electrons. The van der Waals surface area contributed by atoms with Crippen LogP contribution in [-0.2, 0) is 12.8 Å². The highest BCUT2D eigenvalue weighted by molar-refractivity contribution is 5.99. The molecule has 0 aliphatic heterocycles. The number of amides is 2. The second-order valence-corrected chi connectivity index (χ2v) is 6.19. The molecule has 1 aliphatic carbocycles. The van der Waals surface area contributed by atoms with E-state index < -0.39 is 5.60 Å². The summed E-state index contributed by atoms with van der Waals surface area (Å²) in [5.74, 6) is -0.542. The first-order valence-corrected chi connectivity index (χ1v) is 7.90. The molecule has 5 heteroatoms. The molecule has 3 rings (SSSR count). The molecule has 3 N–H and O–H groups in total. The third-order valence-electron chi connectivity index (χ3n) is 4.35. The van der Waals surface area contributed by atoms with Gasteiger partial charge in [-0.15, -0.1) is 0 Å². The zero-order chi connectivity index (χ0) is 17.2. The molecule has 0 saturated heterocycles. The molecule has 2 aromatic carbocycles. The average Bonchev–Trinajstić information content (AvgIpc) is 2.95. The zero-order valence-electron chi connectivity index (χ0n) is 13.5. The monoisotopic (exact) mass is 324 g/mol. The van der Waals surface area contributed by atoms with Gasteiger partial charge < -0.3 is 15.7 Å². The molecule has 24 heavy (non-hydrogen) atoms. The van der Waals surface area contributed by atoms with Crippen molar-refractivity contribution < 1.29 is 14.7 Å². The first-order chi connectivity index (χ1) is 11.5. The molecular formula is C19H20N2O3. The van der Waals surface area contributed by atoms with Gasteiger partial charge in [0.25, 0.3) is 11.8 Å². The summed E-state index contributed by atoms with van der Waals surface area (Å²) in [4.78, 5) is 24.0. The average molecular weight is 324 g/mol. The summed E-state index contributed by atoms with van der Waals surface area (Å²) in [6.07, 6.45) is 1.06. The van der Waals surface area contributed by atoms with Crippen LogP contribution in [0, 0.1) is 0 Å². The Hall–Kier alpha value is -2.66. The van der Waals surface area contributed by atoms with E-state index in [1.165, 1.54) is 0 Å². The molecule has 0 bridgehead atoms. The summed E-state index contributed by atoms with van der Waals surface area (Å²) in [5, 5.41) is 16.0. The maximum absolute atomic E-state index is 12.3. The quantitative estimate of drug-likeness (QED) is 0.793. The minimum Gasteiger partial charge on any atom is -0.387 e. The predicted molar refractivity (Wildman–Crippen MR) is 91.0 cm³/mol. The van der Waals surface area contributed by atoms with Crippen LogP contribution >= 0.6 is 0 Å². The van der Waals surface area contributed by atoms with E-state index in [0.29, 0.717) is 24.0 Å². The van der Waals surface area contributed by atoms with Crippen molar-refractivity contribution in [3.8, 4) is 0 Å². The zero-order valence-corrected chi connectivity index (χ0v) is 13.5. The van der Waals surface area contributed by atoms with E-state index >= 15 is 0 Å². The minimum atomic E-state index is -0.961. The van der Waals surface area contributed by atoms with E-state index in [1.807, 2.05) is 24.3 Å². The first-order valence-electron chi connectivity index (χ1n) is 7.90. The lowest BCUT2D eigenvalue weighted by Gasteiger charge is -2.22. The molecule has 1 aliphatic rings. The molecular weight excluding hydrogens is 304 g/mol. The summed E-state index contributed by atoms with van der Waals surface area (Å²) in [6.45, 7) is 0.171. The second-order valence-electron chi connectivity index (χ2n) is 6.19. The van der Waals surface area contributed by atoms with Crippen molar-refractivity contribution in [1.82, 2.24) is 10.6 Å². The number of hydrogen-bond donors (Lipinski definition) is 3. The van der Waals surface area contributed by atoms with Crippen molar-refractivity contribution in [2.24, 2.45) is 0 Å². The Morgan fingerprint density at radius 3 is 2.17 bits per heavy atom. The highest BCUT2D eigenvalue weighted by atomic mass is 16.3. The summed E-state index contributed by atoms with van der Waals surface area (Å²) in [5.41, 5.74) is 2.11. The standard InChI is InChI=1S/C19H20N2O3/c1-20-17(22)13-7-4-8-14(9-13)18(23)21-12-19(24)10-15-5-2-3-6-16(15)11-19/h2-9,24H,10-12H2,1H3,(H,20,22)(H,21,23). The SMILES string of the molecule is CNC(=O)c1cccc(C(=O)NCC2(O)Cc3ccccc3C2)c1. The van der Waals surface area contributed by atoms with E-state index in [4.69, 9.17) is 0 Å². The molecule has 0 atom stereocenters. The lowest BCUT2D eigenvalue weighted by molar-refractivity contribution is 0.0479. The van der Waals surface area contributed by atoms with Crippen molar-refractivity contribution in [3.63, 3.8) is 0 Å². The lowest BCUT2D eigenvalue weighted by atomic mass is 10.0. The van der Waals surface area contributed by atoms with Gasteiger partial charge in [0.15, 0.2) is 0 Å². The number of carbonyl (C=O) groups is 2. The van der Waals surface area contributed by atoms with Crippen LogP contribution in [0.15, 0.2) is 48.5 Å². The van der Waals surface area contributed by atoms with E-state index in [0.717, 1.165) is 11.1 Å². The highest BCUT2D eigenvalue weighted by Gasteiger charge is 2.35. The predicted octanol–water partition coefficient (Wildman–Crippen LogP) is 1.31. The number of aliphatic hydroxyl groups is 1. The number of carbonyl (C=O) groups excluding carboxylic acids is 2. The van der Waals surface area contributed by atoms with Gasteiger partial charge in [0.2, 0.25) is 0 Å². The Kier molecular flexibility index (Phi) is 4.36. The Bertz CT molecular complexity index is 761. The summed E-state index contributed by atoms with van der Waals surface area (Å²) in [6, 6.07) is 14.4. The van der Waals surface area contributed by atoms with Crippen molar-refractivity contribution in [2.75, 3.05) is 13.6 Å². The fraction of sp³-hybridized carbons (Fsp3) is 0.263. The van der Waals surface area contributed by atoms with Crippen molar-refractivity contribution in [2.45, 2.75) is 18.4 Å². The van der Waals surface area contributed by atoms with Gasteiger partial charge in [0, 0.05) is 37.6 Å². The van der Waals surface area contributed by atoms with E-state index in [9.17, 15) is 14.7 Å². The van der Waals surface area contributed by atoms with Gasteiger partial charge in [-0.3, -0.25) is 9.59 Å². The molecule has 0 radical (unpaired) electrons. The molecule has 0 saturated carbocycles. The fourth-order valence-electron chi connectivity index (χ4n) is 3.09. The fourth-order valence-corrected chi connectivity index (χ4v) is 3.09. The number of hydrogen-bond acceptors (Lipinski definition) is 3. The first kappa shape index (κ1) is 16.2. The van der Waals surface area contributed by atoms with Gasteiger partial charge >= 0.3 is 0 Å². The molecule has 2 amide bonds. The molecule has 0 unspecified atom stereocenters. The van der Waals surface area contributed by atoms with Gasteiger partial charge in [-0.2, -0.15) is 0 Å². The van der Waals surface area contributed by atoms with Crippen molar-refractivity contribution >= 4 is 11.8 Å². The lowest BCUT2D eigenvalue weighted by Crippen LogP contribution is -2.43. The van der Waals surface area contributed by atoms with Crippen molar-refractivity contribution in [1.29, 1.82) is 0 Å². The van der Waals surface area contributed by atoms with Crippen LogP contribution in [0.2, 0.25) is 0 Å². The third kappa shape index (κ3) is 3.31. The Labute approximate surface area is 140 Å². The highest BCUT2D eigenvalue weighted by Crippen LogP contribution is 2.29. The summed E-state index contributed by atoms with van der Waals surface area (Å²) in [7, 11) is 1.54. The van der Waals surface area contributed by atoms with Crippen LogP contribution in [0.1, 0.15) is 31.8 Å². The van der Waals surface area contributed by atoms with Crippen LogP contribution in [-0.4, -0.2) is 36.1 Å². The normalized spacial score (nSPS) is 14.8. The van der Waals surface area contributed by atoms with Crippen LogP contribution in [0.4, 0.5) is 0 Å². The number of fused-ring (bicyclic) bond motifs is 1. The molecule has 5 nitrogen and oxygen atoms in total. The topological polar surface area (TPSA) is 78.4 Å². The maximum Gasteiger partial charge on any atom is 0.251 e. The maximum atomic E-state index is 12.3. The number of rotatable bonds is 4. The third-order valence-corrected chi connectivity index (χ3v) is 4.35. The molecule has 0 fully saturated rings. The second kappa shape index (κ2) is 6.45. The van der Waals surface area contributed by atoms with E-state index in [1.54, 1.807) is 31.3 Å². The van der Waals surface area contributed by atoms with Gasteiger partial charge in [-0.05, 0) is 29.3 Å². The smallest absolute Gasteiger partial charge is 0.251 e. The Morgan fingerprint density at radius 1 is 1.00 bits per heavy atom. The molecule has 0 aromatic heterocycles. The Balaban J connectivity index is 1.65. The largest absolute Gasteiger partial charge is 0.387 e. The van der Waals surface area contributed by atoms with Gasteiger partial charge in [-0.1, -0.05) is 30.3 Å².